The number of rotatable bonds is 5. The van der Waals surface area contributed by atoms with Crippen molar-refractivity contribution in [3.63, 3.8) is 0 Å². The van der Waals surface area contributed by atoms with Gasteiger partial charge in [-0.25, -0.2) is 9.78 Å². The van der Waals surface area contributed by atoms with Crippen LogP contribution in [-0.4, -0.2) is 34.8 Å². The molecule has 0 radical (unpaired) electrons. The Bertz CT molecular complexity index is 1200. The van der Waals surface area contributed by atoms with Gasteiger partial charge in [0.05, 0.1) is 18.8 Å². The smallest absolute Gasteiger partial charge is 0.407 e. The highest BCUT2D eigenvalue weighted by Gasteiger charge is 2.26. The first-order valence-corrected chi connectivity index (χ1v) is 12.3. The number of nitrogens with zero attached hydrogens (tertiary/aromatic N) is 3. The fourth-order valence-electron chi connectivity index (χ4n) is 4.36. The molecule has 5 rings (SSSR count). The highest BCUT2D eigenvalue weighted by Crippen LogP contribution is 2.40. The zero-order valence-corrected chi connectivity index (χ0v) is 20.6. The maximum atomic E-state index is 12.0. The van der Waals surface area contributed by atoms with Gasteiger partial charge in [0, 0.05) is 23.5 Å². The van der Waals surface area contributed by atoms with Gasteiger partial charge in [-0.3, -0.25) is 4.98 Å². The SMILES string of the molecule is CC(C)(C)OC(=O)NCc1cc(-c2ccc(N3CCOc4ccc(C5CCC5)nc43)cc2)ccn1. The molecular weight excluding hydrogens is 440 g/mol. The lowest BCUT2D eigenvalue weighted by Gasteiger charge is -2.32. The zero-order chi connectivity index (χ0) is 24.4. The molecule has 0 atom stereocenters. The number of fused-ring (bicyclic) bond motifs is 1. The highest BCUT2D eigenvalue weighted by atomic mass is 16.6. The van der Waals surface area contributed by atoms with Crippen LogP contribution >= 0.6 is 0 Å². The van der Waals surface area contributed by atoms with Crippen LogP contribution in [-0.2, 0) is 11.3 Å². The Hall–Kier alpha value is -3.61. The molecular formula is C28H32N4O3. The largest absolute Gasteiger partial charge is 0.488 e. The fourth-order valence-corrected chi connectivity index (χ4v) is 4.36. The summed E-state index contributed by atoms with van der Waals surface area (Å²) in [6.45, 7) is 7.23. The Labute approximate surface area is 206 Å². The maximum Gasteiger partial charge on any atom is 0.407 e. The van der Waals surface area contributed by atoms with Crippen molar-refractivity contribution in [2.45, 2.75) is 58.1 Å². The lowest BCUT2D eigenvalue weighted by molar-refractivity contribution is 0.0523. The number of aromatic nitrogens is 2. The number of amides is 1. The lowest BCUT2D eigenvalue weighted by Crippen LogP contribution is -2.32. The Balaban J connectivity index is 1.30. The van der Waals surface area contributed by atoms with Crippen molar-refractivity contribution in [2.75, 3.05) is 18.1 Å². The fraction of sp³-hybridized carbons (Fsp3) is 0.393. The van der Waals surface area contributed by atoms with Gasteiger partial charge >= 0.3 is 6.09 Å². The number of carbonyl (C=O) groups is 1. The van der Waals surface area contributed by atoms with Crippen molar-refractivity contribution >= 4 is 17.6 Å². The Morgan fingerprint density at radius 1 is 1.11 bits per heavy atom. The van der Waals surface area contributed by atoms with Gasteiger partial charge in [0.15, 0.2) is 11.6 Å². The van der Waals surface area contributed by atoms with Crippen molar-refractivity contribution < 1.29 is 14.3 Å². The quantitative estimate of drug-likeness (QED) is 0.493. The van der Waals surface area contributed by atoms with Crippen LogP contribution in [0, 0.1) is 0 Å². The van der Waals surface area contributed by atoms with Crippen LogP contribution in [0.15, 0.2) is 54.7 Å². The van der Waals surface area contributed by atoms with E-state index < -0.39 is 11.7 Å². The summed E-state index contributed by atoms with van der Waals surface area (Å²) in [5.74, 6) is 2.34. The molecule has 7 heteroatoms. The summed E-state index contributed by atoms with van der Waals surface area (Å²) in [6.07, 6.45) is 5.05. The van der Waals surface area contributed by atoms with E-state index in [2.05, 4.69) is 51.6 Å². The van der Waals surface area contributed by atoms with E-state index in [0.717, 1.165) is 40.6 Å². The molecule has 2 aromatic heterocycles. The van der Waals surface area contributed by atoms with Crippen LogP contribution in [0.1, 0.15) is 57.3 Å². The molecule has 1 aliphatic carbocycles. The average molecular weight is 473 g/mol. The third kappa shape index (κ3) is 5.39. The van der Waals surface area contributed by atoms with Gasteiger partial charge in [-0.2, -0.15) is 0 Å². The summed E-state index contributed by atoms with van der Waals surface area (Å²) in [5.41, 5.74) is 4.63. The van der Waals surface area contributed by atoms with E-state index in [1.165, 1.54) is 25.0 Å². The van der Waals surface area contributed by atoms with Gasteiger partial charge in [0.1, 0.15) is 12.2 Å². The van der Waals surface area contributed by atoms with Crippen LogP contribution in [0.5, 0.6) is 5.75 Å². The van der Waals surface area contributed by atoms with E-state index in [1.54, 1.807) is 6.20 Å². The molecule has 182 valence electrons. The second-order valence-electron chi connectivity index (χ2n) is 10.1. The van der Waals surface area contributed by atoms with Crippen molar-refractivity contribution in [3.05, 3.63) is 66.1 Å². The Kier molecular flexibility index (Phi) is 6.32. The highest BCUT2D eigenvalue weighted by molar-refractivity contribution is 5.72. The molecule has 35 heavy (non-hydrogen) atoms. The molecule has 2 aliphatic rings. The standard InChI is InChI=1S/C28H32N4O3/c1-28(2,3)35-27(33)30-18-22-17-21(13-14-29-22)19-7-9-23(10-8-19)32-15-16-34-25-12-11-24(31-26(25)32)20-5-4-6-20/h7-14,17,20H,4-6,15-16,18H2,1-3H3,(H,30,33). The number of hydrogen-bond donors (Lipinski definition) is 1. The summed E-state index contributed by atoms with van der Waals surface area (Å²) in [5, 5.41) is 2.77. The number of benzene rings is 1. The van der Waals surface area contributed by atoms with E-state index >= 15 is 0 Å². The maximum absolute atomic E-state index is 12.0. The molecule has 1 amide bonds. The molecule has 1 fully saturated rings. The first-order chi connectivity index (χ1) is 16.9. The number of anilines is 2. The minimum atomic E-state index is -0.531. The third-order valence-electron chi connectivity index (χ3n) is 6.35. The number of alkyl carbamates (subject to hydrolysis) is 1. The first-order valence-electron chi connectivity index (χ1n) is 12.3. The summed E-state index contributed by atoms with van der Waals surface area (Å²) in [4.78, 5) is 23.6. The number of hydrogen-bond acceptors (Lipinski definition) is 6. The molecule has 1 aliphatic heterocycles. The van der Waals surface area contributed by atoms with Crippen LogP contribution in [0.3, 0.4) is 0 Å². The van der Waals surface area contributed by atoms with Crippen molar-refractivity contribution in [1.29, 1.82) is 0 Å². The Morgan fingerprint density at radius 3 is 2.63 bits per heavy atom. The van der Waals surface area contributed by atoms with Crippen molar-refractivity contribution in [1.82, 2.24) is 15.3 Å². The third-order valence-corrected chi connectivity index (χ3v) is 6.35. The monoisotopic (exact) mass is 472 g/mol. The van der Waals surface area contributed by atoms with Gasteiger partial charge in [-0.05, 0) is 81.1 Å². The Morgan fingerprint density at radius 2 is 1.91 bits per heavy atom. The van der Waals surface area contributed by atoms with Gasteiger partial charge in [-0.15, -0.1) is 0 Å². The van der Waals surface area contributed by atoms with E-state index in [9.17, 15) is 4.79 Å². The summed E-state index contributed by atoms with van der Waals surface area (Å²) >= 11 is 0. The molecule has 7 nitrogen and oxygen atoms in total. The van der Waals surface area contributed by atoms with E-state index in [-0.39, 0.29) is 0 Å². The predicted molar refractivity (Wildman–Crippen MR) is 136 cm³/mol. The molecule has 3 aromatic rings. The minimum Gasteiger partial charge on any atom is -0.488 e. The van der Waals surface area contributed by atoms with Crippen molar-refractivity contribution in [2.24, 2.45) is 0 Å². The average Bonchev–Trinajstić information content (AvgIpc) is 2.80. The molecule has 0 bridgehead atoms. The van der Waals surface area contributed by atoms with E-state index in [4.69, 9.17) is 14.5 Å². The van der Waals surface area contributed by atoms with Gasteiger partial charge in [0.25, 0.3) is 0 Å². The second kappa shape index (κ2) is 9.56. The van der Waals surface area contributed by atoms with Crippen LogP contribution < -0.4 is 15.0 Å². The number of ether oxygens (including phenoxy) is 2. The topological polar surface area (TPSA) is 76.6 Å². The van der Waals surface area contributed by atoms with Gasteiger partial charge < -0.3 is 19.7 Å². The zero-order valence-electron chi connectivity index (χ0n) is 20.6. The molecule has 3 heterocycles. The summed E-state index contributed by atoms with van der Waals surface area (Å²) < 4.78 is 11.2. The van der Waals surface area contributed by atoms with Crippen LogP contribution in [0.25, 0.3) is 11.1 Å². The second-order valence-corrected chi connectivity index (χ2v) is 10.1. The van der Waals surface area contributed by atoms with Crippen LogP contribution in [0.2, 0.25) is 0 Å². The van der Waals surface area contributed by atoms with Gasteiger partial charge in [-0.1, -0.05) is 18.6 Å². The number of pyridine rings is 2. The number of nitrogens with one attached hydrogen (secondary N) is 1. The first kappa shape index (κ1) is 23.1. The van der Waals surface area contributed by atoms with Crippen LogP contribution in [0.4, 0.5) is 16.3 Å². The van der Waals surface area contributed by atoms with E-state index in [1.807, 2.05) is 32.9 Å². The molecule has 1 aromatic carbocycles. The summed E-state index contributed by atoms with van der Waals surface area (Å²) in [6, 6.07) is 16.6. The van der Waals surface area contributed by atoms with Crippen molar-refractivity contribution in [3.8, 4) is 16.9 Å². The molecule has 0 spiro atoms. The normalized spacial score (nSPS) is 15.6. The molecule has 0 saturated heterocycles. The van der Waals surface area contributed by atoms with Gasteiger partial charge in [0.2, 0.25) is 0 Å². The lowest BCUT2D eigenvalue weighted by atomic mass is 9.82. The minimum absolute atomic E-state index is 0.306. The molecule has 1 saturated carbocycles. The predicted octanol–water partition coefficient (Wildman–Crippen LogP) is 5.97. The van der Waals surface area contributed by atoms with E-state index in [0.29, 0.717) is 19.1 Å². The molecule has 1 N–H and O–H groups in total. The molecule has 0 unspecified atom stereocenters. The summed E-state index contributed by atoms with van der Waals surface area (Å²) in [7, 11) is 0. The number of carbonyl (C=O) groups excluding carboxylic acids is 1.